The number of hydrogen-bond acceptors (Lipinski definition) is 4. The van der Waals surface area contributed by atoms with Crippen LogP contribution in [0.25, 0.3) is 11.1 Å². The Bertz CT molecular complexity index is 1130. The van der Waals surface area contributed by atoms with Crippen LogP contribution in [0.3, 0.4) is 0 Å². The number of nitrogens with zero attached hydrogens (tertiary/aromatic N) is 2. The van der Waals surface area contributed by atoms with E-state index in [0.29, 0.717) is 23.2 Å². The molecule has 2 aliphatic rings. The quantitative estimate of drug-likeness (QED) is 0.650. The van der Waals surface area contributed by atoms with Gasteiger partial charge in [-0.1, -0.05) is 36.4 Å². The Hall–Kier alpha value is -3.42. The van der Waals surface area contributed by atoms with Gasteiger partial charge in [-0.15, -0.1) is 0 Å². The van der Waals surface area contributed by atoms with Gasteiger partial charge in [0.25, 0.3) is 0 Å². The van der Waals surface area contributed by atoms with Gasteiger partial charge in [0.1, 0.15) is 0 Å². The molecule has 3 aromatic rings. The summed E-state index contributed by atoms with van der Waals surface area (Å²) in [5.74, 6) is -1.41. The average molecular weight is 412 g/mol. The second-order valence-corrected chi connectivity index (χ2v) is 7.42. The van der Waals surface area contributed by atoms with Crippen molar-refractivity contribution in [3.63, 3.8) is 0 Å². The van der Waals surface area contributed by atoms with Crippen molar-refractivity contribution in [2.24, 2.45) is 5.92 Å². The molecule has 0 spiro atoms. The van der Waals surface area contributed by atoms with Gasteiger partial charge in [0.15, 0.2) is 6.10 Å². The van der Waals surface area contributed by atoms with Crippen LogP contribution in [0, 0.1) is 5.92 Å². The molecule has 0 aliphatic heterocycles. The van der Waals surface area contributed by atoms with Gasteiger partial charge in [0.05, 0.1) is 29.6 Å². The van der Waals surface area contributed by atoms with E-state index in [9.17, 15) is 18.0 Å². The van der Waals surface area contributed by atoms with E-state index in [4.69, 9.17) is 9.84 Å². The molecule has 5 nitrogen and oxygen atoms in total. The number of aromatic nitrogens is 2. The van der Waals surface area contributed by atoms with E-state index in [-0.39, 0.29) is 17.4 Å². The van der Waals surface area contributed by atoms with Crippen molar-refractivity contribution in [2.75, 3.05) is 0 Å². The fraction of sp³-hybridized carbons (Fsp3) is 0.227. The normalized spacial score (nSPS) is 21.6. The highest BCUT2D eigenvalue weighted by molar-refractivity contribution is 5.78. The first-order chi connectivity index (χ1) is 14.3. The van der Waals surface area contributed by atoms with Gasteiger partial charge >= 0.3 is 12.1 Å². The van der Waals surface area contributed by atoms with Gasteiger partial charge in [-0.2, -0.15) is 13.2 Å². The lowest BCUT2D eigenvalue weighted by molar-refractivity contribution is -0.139. The van der Waals surface area contributed by atoms with Gasteiger partial charge in [0.2, 0.25) is 5.88 Å². The van der Waals surface area contributed by atoms with Gasteiger partial charge in [-0.25, -0.2) is 4.98 Å². The molecule has 2 aromatic carbocycles. The van der Waals surface area contributed by atoms with Crippen molar-refractivity contribution >= 4 is 5.97 Å². The Kier molecular flexibility index (Phi) is 4.06. The van der Waals surface area contributed by atoms with Gasteiger partial charge < -0.3 is 9.84 Å². The fourth-order valence-electron chi connectivity index (χ4n) is 3.85. The number of rotatable bonds is 5. The highest BCUT2D eigenvalue weighted by Gasteiger charge is 2.48. The molecule has 30 heavy (non-hydrogen) atoms. The maximum absolute atomic E-state index is 13.4. The third kappa shape index (κ3) is 3.18. The molecule has 2 aliphatic carbocycles. The third-order valence-corrected chi connectivity index (χ3v) is 5.49. The smallest absolute Gasteiger partial charge is 0.416 e. The molecule has 0 bridgehead atoms. The van der Waals surface area contributed by atoms with Gasteiger partial charge in [0, 0.05) is 17.0 Å². The summed E-state index contributed by atoms with van der Waals surface area (Å²) in [6.07, 6.45) is -2.06. The van der Waals surface area contributed by atoms with Crippen molar-refractivity contribution in [3.8, 4) is 17.0 Å². The largest absolute Gasteiger partial charge is 0.481 e. The number of ether oxygens (including phenoxy) is 1. The molecule has 1 aromatic heterocycles. The van der Waals surface area contributed by atoms with Crippen molar-refractivity contribution in [1.82, 2.24) is 9.97 Å². The maximum atomic E-state index is 13.4. The molecule has 0 radical (unpaired) electrons. The molecule has 1 heterocycles. The first kappa shape index (κ1) is 18.6. The molecule has 1 fully saturated rings. The van der Waals surface area contributed by atoms with Gasteiger partial charge in [-0.3, -0.25) is 9.78 Å². The number of fused-ring (bicyclic) bond motifs is 1. The lowest BCUT2D eigenvalue weighted by Crippen LogP contribution is -2.06. The SMILES string of the molecule is O=C(O)[C@H]1C[C@@H]1c1cnc(O[C@H]2c3c(-c4ccccc4)ccc(C(F)(F)F)c32)cn1. The van der Waals surface area contributed by atoms with Crippen molar-refractivity contribution in [3.05, 3.63) is 77.2 Å². The van der Waals surface area contributed by atoms with Crippen molar-refractivity contribution in [1.29, 1.82) is 0 Å². The predicted molar refractivity (Wildman–Crippen MR) is 99.9 cm³/mol. The number of halogens is 3. The first-order valence-electron chi connectivity index (χ1n) is 9.35. The van der Waals surface area contributed by atoms with E-state index in [1.54, 1.807) is 0 Å². The molecule has 3 atom stereocenters. The fourth-order valence-corrected chi connectivity index (χ4v) is 3.85. The van der Waals surface area contributed by atoms with Crippen LogP contribution in [0.15, 0.2) is 54.9 Å². The first-order valence-corrected chi connectivity index (χ1v) is 9.35. The van der Waals surface area contributed by atoms with Gasteiger partial charge in [-0.05, 0) is 23.6 Å². The summed E-state index contributed by atoms with van der Waals surface area (Å²) < 4.78 is 46.1. The Labute approximate surface area is 169 Å². The number of carboxylic acid groups (broad SMARTS) is 1. The standard InChI is InChI=1S/C22H15F3N2O3/c23-22(24,25)15-7-6-12(11-4-2-1-3-5-11)18-19(15)20(18)30-17-10-26-16(9-27-17)13-8-14(13)21(28)29/h1-7,9-10,13-14,20H,8H2,(H,28,29)/t13-,14-,20-/m0/s1. The number of carbonyl (C=O) groups is 1. The summed E-state index contributed by atoms with van der Waals surface area (Å²) in [5, 5.41) is 9.01. The van der Waals surface area contributed by atoms with Crippen LogP contribution in [0.2, 0.25) is 0 Å². The zero-order chi connectivity index (χ0) is 21.0. The second-order valence-electron chi connectivity index (χ2n) is 7.42. The number of alkyl halides is 3. The summed E-state index contributed by atoms with van der Waals surface area (Å²) >= 11 is 0. The summed E-state index contributed by atoms with van der Waals surface area (Å²) in [6.45, 7) is 0. The third-order valence-electron chi connectivity index (χ3n) is 5.49. The highest BCUT2D eigenvalue weighted by Crippen LogP contribution is 2.55. The Morgan fingerprint density at radius 3 is 2.40 bits per heavy atom. The summed E-state index contributed by atoms with van der Waals surface area (Å²) in [7, 11) is 0. The minimum Gasteiger partial charge on any atom is -0.481 e. The number of hydrogen-bond donors (Lipinski definition) is 1. The van der Waals surface area contributed by atoms with Crippen LogP contribution in [0.5, 0.6) is 5.88 Å². The van der Waals surface area contributed by atoms with E-state index in [1.807, 2.05) is 30.3 Å². The molecule has 0 amide bonds. The topological polar surface area (TPSA) is 72.3 Å². The van der Waals surface area contributed by atoms with Crippen LogP contribution in [-0.4, -0.2) is 21.0 Å². The predicted octanol–water partition coefficient (Wildman–Crippen LogP) is 4.83. The minimum atomic E-state index is -4.48. The maximum Gasteiger partial charge on any atom is 0.416 e. The number of carboxylic acids is 1. The zero-order valence-electron chi connectivity index (χ0n) is 15.4. The molecule has 1 N–H and O–H groups in total. The molecular weight excluding hydrogens is 397 g/mol. The molecule has 1 saturated carbocycles. The highest BCUT2D eigenvalue weighted by atomic mass is 19.4. The van der Waals surface area contributed by atoms with Crippen LogP contribution in [0.1, 0.15) is 40.8 Å². The second kappa shape index (κ2) is 6.55. The van der Waals surface area contributed by atoms with E-state index in [2.05, 4.69) is 9.97 Å². The zero-order valence-corrected chi connectivity index (χ0v) is 15.4. The minimum absolute atomic E-state index is 0.0969. The average Bonchev–Trinajstić information content (AvgIpc) is 3.63. The van der Waals surface area contributed by atoms with E-state index >= 15 is 0 Å². The van der Waals surface area contributed by atoms with E-state index in [1.165, 1.54) is 18.5 Å². The molecule has 0 saturated heterocycles. The Balaban J connectivity index is 1.41. The Morgan fingerprint density at radius 2 is 1.80 bits per heavy atom. The molecule has 5 rings (SSSR count). The lowest BCUT2D eigenvalue weighted by Gasteiger charge is -2.07. The summed E-state index contributed by atoms with van der Waals surface area (Å²) in [4.78, 5) is 19.3. The lowest BCUT2D eigenvalue weighted by atomic mass is 10.0. The van der Waals surface area contributed by atoms with E-state index in [0.717, 1.165) is 11.6 Å². The van der Waals surface area contributed by atoms with Crippen molar-refractivity contribution in [2.45, 2.75) is 24.6 Å². The molecule has 8 heteroatoms. The summed E-state index contributed by atoms with van der Waals surface area (Å²) in [6, 6.07) is 11.7. The monoisotopic (exact) mass is 412 g/mol. The Morgan fingerprint density at radius 1 is 1.03 bits per heavy atom. The van der Waals surface area contributed by atoms with Crippen LogP contribution in [-0.2, 0) is 11.0 Å². The van der Waals surface area contributed by atoms with Crippen LogP contribution < -0.4 is 4.74 Å². The van der Waals surface area contributed by atoms with Crippen LogP contribution in [0.4, 0.5) is 13.2 Å². The number of benzene rings is 2. The van der Waals surface area contributed by atoms with Crippen molar-refractivity contribution < 1.29 is 27.8 Å². The number of aliphatic carboxylic acids is 1. The summed E-state index contributed by atoms with van der Waals surface area (Å²) in [5.41, 5.74) is 1.94. The molecule has 0 unspecified atom stereocenters. The molecular formula is C22H15F3N2O3. The van der Waals surface area contributed by atoms with Crippen LogP contribution >= 0.6 is 0 Å². The molecule has 152 valence electrons. The van der Waals surface area contributed by atoms with E-state index < -0.39 is 29.7 Å².